The van der Waals surface area contributed by atoms with Crippen LogP contribution in [-0.4, -0.2) is 26.2 Å². The standard InChI is InChI=1S/C20H17N3O4S/c1-12-15-4-2-3-5-16(15)19(25)23(22-12)11-27-14-8-6-13(7-9-14)10-17-18(24)21-20(26)28-17/h2-9,17H,10-11H2,1H3,(H,21,24,26). The van der Waals surface area contributed by atoms with Crippen LogP contribution in [0.1, 0.15) is 11.3 Å². The van der Waals surface area contributed by atoms with Gasteiger partial charge in [-0.3, -0.25) is 19.7 Å². The van der Waals surface area contributed by atoms with Crippen molar-refractivity contribution in [3.05, 3.63) is 70.1 Å². The fraction of sp³-hybridized carbons (Fsp3) is 0.200. The van der Waals surface area contributed by atoms with E-state index in [1.807, 2.05) is 37.3 Å². The maximum absolute atomic E-state index is 12.6. The van der Waals surface area contributed by atoms with Crippen LogP contribution in [0, 0.1) is 6.92 Å². The van der Waals surface area contributed by atoms with Crippen LogP contribution in [0.25, 0.3) is 10.8 Å². The van der Waals surface area contributed by atoms with Gasteiger partial charge in [-0.2, -0.15) is 9.78 Å². The molecular weight excluding hydrogens is 378 g/mol. The average Bonchev–Trinajstić information content (AvgIpc) is 3.01. The van der Waals surface area contributed by atoms with Crippen LogP contribution in [0.5, 0.6) is 5.75 Å². The summed E-state index contributed by atoms with van der Waals surface area (Å²) in [6.45, 7) is 1.86. The number of hydrogen-bond acceptors (Lipinski definition) is 6. The molecule has 0 spiro atoms. The van der Waals surface area contributed by atoms with Crippen molar-refractivity contribution in [1.29, 1.82) is 0 Å². The molecule has 0 aliphatic carbocycles. The predicted molar refractivity (Wildman–Crippen MR) is 106 cm³/mol. The highest BCUT2D eigenvalue weighted by atomic mass is 32.2. The van der Waals surface area contributed by atoms with E-state index >= 15 is 0 Å². The molecule has 2 amide bonds. The molecule has 1 fully saturated rings. The Morgan fingerprint density at radius 1 is 1.07 bits per heavy atom. The van der Waals surface area contributed by atoms with E-state index in [0.717, 1.165) is 28.4 Å². The van der Waals surface area contributed by atoms with Crippen LogP contribution in [0.3, 0.4) is 0 Å². The number of ether oxygens (including phenoxy) is 1. The molecule has 8 heteroatoms. The van der Waals surface area contributed by atoms with E-state index in [9.17, 15) is 14.4 Å². The molecule has 1 aliphatic rings. The molecule has 1 aromatic heterocycles. The third kappa shape index (κ3) is 3.63. The number of carbonyl (C=O) groups is 2. The first-order chi connectivity index (χ1) is 13.5. The fourth-order valence-electron chi connectivity index (χ4n) is 3.09. The van der Waals surface area contributed by atoms with Gasteiger partial charge in [0.2, 0.25) is 5.91 Å². The number of nitrogens with one attached hydrogen (secondary N) is 1. The summed E-state index contributed by atoms with van der Waals surface area (Å²) in [4.78, 5) is 35.4. The lowest BCUT2D eigenvalue weighted by molar-refractivity contribution is -0.118. The van der Waals surface area contributed by atoms with Gasteiger partial charge in [0.25, 0.3) is 10.8 Å². The van der Waals surface area contributed by atoms with Crippen molar-refractivity contribution in [3.8, 4) is 5.75 Å². The summed E-state index contributed by atoms with van der Waals surface area (Å²) in [5.74, 6) is 0.329. The molecule has 142 valence electrons. The van der Waals surface area contributed by atoms with E-state index in [2.05, 4.69) is 10.4 Å². The number of benzene rings is 2. The molecule has 0 bridgehead atoms. The van der Waals surface area contributed by atoms with Crippen molar-refractivity contribution < 1.29 is 14.3 Å². The zero-order valence-corrected chi connectivity index (χ0v) is 15.9. The maximum atomic E-state index is 12.6. The minimum atomic E-state index is -0.400. The SMILES string of the molecule is Cc1nn(COc2ccc(CC3SC(=O)NC3=O)cc2)c(=O)c2ccccc12. The van der Waals surface area contributed by atoms with Crippen LogP contribution in [-0.2, 0) is 17.9 Å². The number of hydrogen-bond donors (Lipinski definition) is 1. The van der Waals surface area contributed by atoms with Gasteiger partial charge in [0.05, 0.1) is 16.3 Å². The summed E-state index contributed by atoms with van der Waals surface area (Å²) >= 11 is 1.01. The Labute approximate surface area is 164 Å². The minimum absolute atomic E-state index is 0.000755. The van der Waals surface area contributed by atoms with Crippen LogP contribution >= 0.6 is 11.8 Å². The first-order valence-corrected chi connectivity index (χ1v) is 9.59. The summed E-state index contributed by atoms with van der Waals surface area (Å²) < 4.78 is 7.00. The summed E-state index contributed by atoms with van der Waals surface area (Å²) in [6, 6.07) is 14.6. The van der Waals surface area contributed by atoms with E-state index in [-0.39, 0.29) is 23.4 Å². The second kappa shape index (κ2) is 7.47. The van der Waals surface area contributed by atoms with Gasteiger partial charge in [-0.15, -0.1) is 0 Å². The highest BCUT2D eigenvalue weighted by Gasteiger charge is 2.31. The largest absolute Gasteiger partial charge is 0.471 e. The zero-order chi connectivity index (χ0) is 19.7. The number of aryl methyl sites for hydroxylation is 1. The monoisotopic (exact) mass is 395 g/mol. The smallest absolute Gasteiger partial charge is 0.286 e. The number of aromatic nitrogens is 2. The second-order valence-corrected chi connectivity index (χ2v) is 7.62. The van der Waals surface area contributed by atoms with Crippen molar-refractivity contribution in [2.75, 3.05) is 0 Å². The van der Waals surface area contributed by atoms with Crippen LogP contribution < -0.4 is 15.6 Å². The van der Waals surface area contributed by atoms with Gasteiger partial charge in [-0.25, -0.2) is 0 Å². The summed E-state index contributed by atoms with van der Waals surface area (Å²) in [7, 11) is 0. The molecule has 1 N–H and O–H groups in total. The average molecular weight is 395 g/mol. The number of nitrogens with zero attached hydrogens (tertiary/aromatic N) is 2. The van der Waals surface area contributed by atoms with Gasteiger partial charge in [-0.05, 0) is 37.1 Å². The van der Waals surface area contributed by atoms with E-state index in [1.54, 1.807) is 18.2 Å². The number of thioether (sulfide) groups is 1. The molecule has 2 aromatic carbocycles. The Hall–Kier alpha value is -3.13. The quantitative estimate of drug-likeness (QED) is 0.714. The third-order valence-corrected chi connectivity index (χ3v) is 5.50. The fourth-order valence-corrected chi connectivity index (χ4v) is 3.95. The summed E-state index contributed by atoms with van der Waals surface area (Å²) in [5.41, 5.74) is 1.48. The topological polar surface area (TPSA) is 90.3 Å². The first kappa shape index (κ1) is 18.2. The van der Waals surface area contributed by atoms with E-state index < -0.39 is 5.25 Å². The Balaban J connectivity index is 1.45. The van der Waals surface area contributed by atoms with E-state index in [4.69, 9.17) is 4.74 Å². The molecule has 3 aromatic rings. The second-order valence-electron chi connectivity index (χ2n) is 6.44. The van der Waals surface area contributed by atoms with Crippen LogP contribution in [0.4, 0.5) is 4.79 Å². The van der Waals surface area contributed by atoms with Crippen LogP contribution in [0.2, 0.25) is 0 Å². The Bertz CT molecular complexity index is 1120. The maximum Gasteiger partial charge on any atom is 0.286 e. The number of carbonyl (C=O) groups excluding carboxylic acids is 2. The van der Waals surface area contributed by atoms with E-state index in [1.165, 1.54) is 4.68 Å². The molecule has 28 heavy (non-hydrogen) atoms. The lowest BCUT2D eigenvalue weighted by atomic mass is 10.1. The number of fused-ring (bicyclic) bond motifs is 1. The lowest BCUT2D eigenvalue weighted by Crippen LogP contribution is -2.26. The molecule has 2 heterocycles. The Morgan fingerprint density at radius 3 is 2.46 bits per heavy atom. The third-order valence-electron chi connectivity index (χ3n) is 4.52. The summed E-state index contributed by atoms with van der Waals surface area (Å²) in [6.07, 6.45) is 0.466. The van der Waals surface area contributed by atoms with Gasteiger partial charge in [0, 0.05) is 5.39 Å². The first-order valence-electron chi connectivity index (χ1n) is 8.71. The lowest BCUT2D eigenvalue weighted by Gasteiger charge is -2.11. The van der Waals surface area contributed by atoms with Crippen molar-refractivity contribution in [2.24, 2.45) is 0 Å². The molecule has 7 nitrogen and oxygen atoms in total. The predicted octanol–water partition coefficient (Wildman–Crippen LogP) is 2.64. The molecule has 0 saturated carbocycles. The van der Waals surface area contributed by atoms with Crippen molar-refractivity contribution >= 4 is 33.7 Å². The summed E-state index contributed by atoms with van der Waals surface area (Å²) in [5, 5.41) is 7.33. The molecule has 1 unspecified atom stereocenters. The highest BCUT2D eigenvalue weighted by molar-refractivity contribution is 8.15. The minimum Gasteiger partial charge on any atom is -0.471 e. The number of rotatable bonds is 5. The van der Waals surface area contributed by atoms with Gasteiger partial charge >= 0.3 is 0 Å². The van der Waals surface area contributed by atoms with Gasteiger partial charge in [0.1, 0.15) is 5.75 Å². The van der Waals surface area contributed by atoms with Gasteiger partial charge in [0.15, 0.2) is 6.73 Å². The molecule has 1 saturated heterocycles. The molecule has 4 rings (SSSR count). The highest BCUT2D eigenvalue weighted by Crippen LogP contribution is 2.24. The molecule has 1 aliphatic heterocycles. The zero-order valence-electron chi connectivity index (χ0n) is 15.0. The molecule has 0 radical (unpaired) electrons. The normalized spacial score (nSPS) is 16.4. The number of imide groups is 1. The van der Waals surface area contributed by atoms with Gasteiger partial charge in [-0.1, -0.05) is 42.1 Å². The Morgan fingerprint density at radius 2 is 1.79 bits per heavy atom. The van der Waals surface area contributed by atoms with Crippen molar-refractivity contribution in [3.63, 3.8) is 0 Å². The molecule has 1 atom stereocenters. The van der Waals surface area contributed by atoms with Crippen molar-refractivity contribution in [2.45, 2.75) is 25.3 Å². The van der Waals surface area contributed by atoms with Crippen molar-refractivity contribution in [1.82, 2.24) is 15.1 Å². The number of amides is 2. The van der Waals surface area contributed by atoms with Gasteiger partial charge < -0.3 is 4.74 Å². The molecular formula is C20H17N3O4S. The Kier molecular flexibility index (Phi) is 4.87. The van der Waals surface area contributed by atoms with E-state index in [0.29, 0.717) is 17.6 Å². The van der Waals surface area contributed by atoms with Crippen LogP contribution in [0.15, 0.2) is 53.3 Å².